The highest BCUT2D eigenvalue weighted by molar-refractivity contribution is 5.78. The van der Waals surface area contributed by atoms with E-state index in [9.17, 15) is 19.5 Å². The van der Waals surface area contributed by atoms with Gasteiger partial charge in [0.25, 0.3) is 0 Å². The Morgan fingerprint density at radius 1 is 1.27 bits per heavy atom. The summed E-state index contributed by atoms with van der Waals surface area (Å²) in [5.41, 5.74) is -0.889. The van der Waals surface area contributed by atoms with E-state index < -0.39 is 23.3 Å². The molecule has 3 N–H and O–H groups in total. The SMILES string of the molecule is CC(=O)NC(C)[C@@H](C)CCCC1(C(=O)O)CCC(C(=O)O)C1. The molecule has 6 heteroatoms. The van der Waals surface area contributed by atoms with Crippen molar-refractivity contribution in [3.8, 4) is 0 Å². The van der Waals surface area contributed by atoms with Crippen LogP contribution in [0.3, 0.4) is 0 Å². The Morgan fingerprint density at radius 3 is 2.36 bits per heavy atom. The van der Waals surface area contributed by atoms with E-state index in [2.05, 4.69) is 5.32 Å². The molecular formula is C16H27NO5. The third kappa shape index (κ3) is 4.71. The van der Waals surface area contributed by atoms with E-state index in [-0.39, 0.29) is 24.3 Å². The van der Waals surface area contributed by atoms with E-state index >= 15 is 0 Å². The van der Waals surface area contributed by atoms with Crippen LogP contribution in [0.1, 0.15) is 59.3 Å². The molecule has 6 nitrogen and oxygen atoms in total. The molecule has 4 atom stereocenters. The molecule has 3 unspecified atom stereocenters. The summed E-state index contributed by atoms with van der Waals surface area (Å²) in [6.45, 7) is 5.45. The maximum absolute atomic E-state index is 11.6. The highest BCUT2D eigenvalue weighted by atomic mass is 16.4. The lowest BCUT2D eigenvalue weighted by Crippen LogP contribution is -2.35. The minimum Gasteiger partial charge on any atom is -0.481 e. The summed E-state index contributed by atoms with van der Waals surface area (Å²) in [5, 5.41) is 21.4. The minimum absolute atomic E-state index is 0.0497. The first kappa shape index (κ1) is 18.5. The van der Waals surface area contributed by atoms with Crippen LogP contribution in [0.5, 0.6) is 0 Å². The Morgan fingerprint density at radius 2 is 1.91 bits per heavy atom. The van der Waals surface area contributed by atoms with Crippen molar-refractivity contribution in [3.63, 3.8) is 0 Å². The van der Waals surface area contributed by atoms with Crippen LogP contribution in [0, 0.1) is 17.3 Å². The third-order valence-corrected chi connectivity index (χ3v) is 5.01. The van der Waals surface area contributed by atoms with Gasteiger partial charge >= 0.3 is 11.9 Å². The molecule has 1 aliphatic rings. The summed E-state index contributed by atoms with van der Waals surface area (Å²) in [4.78, 5) is 33.7. The Kier molecular flexibility index (Phi) is 6.38. The normalized spacial score (nSPS) is 27.1. The molecule has 0 saturated heterocycles. The fourth-order valence-corrected chi connectivity index (χ4v) is 3.34. The van der Waals surface area contributed by atoms with Crippen LogP contribution >= 0.6 is 0 Å². The monoisotopic (exact) mass is 313 g/mol. The van der Waals surface area contributed by atoms with Crippen molar-refractivity contribution < 1.29 is 24.6 Å². The Bertz CT molecular complexity index is 436. The average molecular weight is 313 g/mol. The van der Waals surface area contributed by atoms with E-state index in [1.165, 1.54) is 6.92 Å². The van der Waals surface area contributed by atoms with Crippen LogP contribution in [0.15, 0.2) is 0 Å². The van der Waals surface area contributed by atoms with Crippen LogP contribution in [0.25, 0.3) is 0 Å². The molecule has 0 spiro atoms. The molecule has 0 radical (unpaired) electrons. The van der Waals surface area contributed by atoms with Gasteiger partial charge in [-0.2, -0.15) is 0 Å². The largest absolute Gasteiger partial charge is 0.481 e. The lowest BCUT2D eigenvalue weighted by molar-refractivity contribution is -0.150. The fraction of sp³-hybridized carbons (Fsp3) is 0.812. The van der Waals surface area contributed by atoms with E-state index in [0.29, 0.717) is 19.3 Å². The molecule has 0 aliphatic heterocycles. The molecule has 0 aromatic heterocycles. The molecule has 1 aliphatic carbocycles. The molecule has 1 fully saturated rings. The van der Waals surface area contributed by atoms with E-state index in [4.69, 9.17) is 5.11 Å². The molecule has 0 aromatic rings. The molecule has 0 heterocycles. The predicted molar refractivity (Wildman–Crippen MR) is 81.3 cm³/mol. The van der Waals surface area contributed by atoms with Gasteiger partial charge in [-0.25, -0.2) is 0 Å². The lowest BCUT2D eigenvalue weighted by Gasteiger charge is -2.26. The zero-order valence-electron chi connectivity index (χ0n) is 13.6. The summed E-state index contributed by atoms with van der Waals surface area (Å²) in [6, 6.07) is 0.0497. The van der Waals surface area contributed by atoms with Crippen molar-refractivity contribution in [1.82, 2.24) is 5.32 Å². The second kappa shape index (κ2) is 7.61. The van der Waals surface area contributed by atoms with Crippen LogP contribution in [0.4, 0.5) is 0 Å². The topological polar surface area (TPSA) is 104 Å². The molecule has 22 heavy (non-hydrogen) atoms. The van der Waals surface area contributed by atoms with Gasteiger partial charge in [-0.1, -0.05) is 13.3 Å². The lowest BCUT2D eigenvalue weighted by atomic mass is 9.79. The summed E-state index contributed by atoms with van der Waals surface area (Å²) in [6.07, 6.45) is 3.16. The van der Waals surface area contributed by atoms with Gasteiger partial charge < -0.3 is 15.5 Å². The summed E-state index contributed by atoms with van der Waals surface area (Å²) >= 11 is 0. The molecule has 0 aromatic carbocycles. The molecule has 1 rings (SSSR count). The van der Waals surface area contributed by atoms with Crippen molar-refractivity contribution in [2.45, 2.75) is 65.3 Å². The first-order valence-corrected chi connectivity index (χ1v) is 7.91. The number of carbonyl (C=O) groups is 3. The quantitative estimate of drug-likeness (QED) is 0.638. The van der Waals surface area contributed by atoms with Crippen LogP contribution in [0.2, 0.25) is 0 Å². The number of hydrogen-bond donors (Lipinski definition) is 3. The second-order valence-corrected chi connectivity index (χ2v) is 6.72. The molecular weight excluding hydrogens is 286 g/mol. The minimum atomic E-state index is -0.893. The summed E-state index contributed by atoms with van der Waals surface area (Å²) in [7, 11) is 0. The number of aliphatic carboxylic acids is 2. The van der Waals surface area contributed by atoms with Gasteiger partial charge in [-0.3, -0.25) is 14.4 Å². The summed E-state index contributed by atoms with van der Waals surface area (Å²) in [5.74, 6) is -2.12. The van der Waals surface area contributed by atoms with Crippen molar-refractivity contribution in [3.05, 3.63) is 0 Å². The van der Waals surface area contributed by atoms with Gasteiger partial charge in [0.15, 0.2) is 0 Å². The number of carboxylic acids is 2. The van der Waals surface area contributed by atoms with Gasteiger partial charge in [0, 0.05) is 13.0 Å². The van der Waals surface area contributed by atoms with Crippen molar-refractivity contribution in [1.29, 1.82) is 0 Å². The second-order valence-electron chi connectivity index (χ2n) is 6.72. The van der Waals surface area contributed by atoms with Crippen LogP contribution < -0.4 is 5.32 Å². The van der Waals surface area contributed by atoms with E-state index in [0.717, 1.165) is 12.8 Å². The van der Waals surface area contributed by atoms with Gasteiger partial charge in [0.05, 0.1) is 11.3 Å². The Balaban J connectivity index is 2.51. The van der Waals surface area contributed by atoms with Crippen molar-refractivity contribution in [2.75, 3.05) is 0 Å². The number of carbonyl (C=O) groups excluding carboxylic acids is 1. The van der Waals surface area contributed by atoms with Crippen LogP contribution in [-0.4, -0.2) is 34.1 Å². The number of amides is 1. The number of nitrogens with one attached hydrogen (secondary N) is 1. The van der Waals surface area contributed by atoms with Crippen molar-refractivity contribution in [2.24, 2.45) is 17.3 Å². The maximum Gasteiger partial charge on any atom is 0.309 e. The highest BCUT2D eigenvalue weighted by Crippen LogP contribution is 2.46. The fourth-order valence-electron chi connectivity index (χ4n) is 3.34. The molecule has 1 saturated carbocycles. The first-order chi connectivity index (χ1) is 10.2. The van der Waals surface area contributed by atoms with Gasteiger partial charge in [0.1, 0.15) is 0 Å². The summed E-state index contributed by atoms with van der Waals surface area (Å²) < 4.78 is 0. The molecule has 0 bridgehead atoms. The highest BCUT2D eigenvalue weighted by Gasteiger charge is 2.47. The van der Waals surface area contributed by atoms with Crippen molar-refractivity contribution >= 4 is 17.8 Å². The smallest absolute Gasteiger partial charge is 0.309 e. The average Bonchev–Trinajstić information content (AvgIpc) is 2.83. The van der Waals surface area contributed by atoms with Gasteiger partial charge in [0.2, 0.25) is 5.91 Å². The standard InChI is InChI=1S/C16H27NO5/c1-10(11(2)17-12(3)18)5-4-7-16(15(21)22)8-6-13(9-16)14(19)20/h10-11,13H,4-9H2,1-3H3,(H,17,18)(H,19,20)(H,21,22)/t10-,11?,13?,16?/m0/s1. The van der Waals surface area contributed by atoms with E-state index in [1.54, 1.807) is 0 Å². The molecule has 1 amide bonds. The number of carboxylic acid groups (broad SMARTS) is 2. The van der Waals surface area contributed by atoms with Gasteiger partial charge in [-0.15, -0.1) is 0 Å². The van der Waals surface area contributed by atoms with Crippen LogP contribution in [-0.2, 0) is 14.4 Å². The maximum atomic E-state index is 11.6. The zero-order chi connectivity index (χ0) is 16.9. The molecule has 126 valence electrons. The number of rotatable bonds is 8. The van der Waals surface area contributed by atoms with Gasteiger partial charge in [-0.05, 0) is 44.9 Å². The Labute approximate surface area is 131 Å². The number of hydrogen-bond acceptors (Lipinski definition) is 3. The predicted octanol–water partition coefficient (Wildman–Crippen LogP) is 2.27. The zero-order valence-corrected chi connectivity index (χ0v) is 13.6. The first-order valence-electron chi connectivity index (χ1n) is 7.91. The van der Waals surface area contributed by atoms with E-state index in [1.807, 2.05) is 13.8 Å². The Hall–Kier alpha value is -1.59. The third-order valence-electron chi connectivity index (χ3n) is 5.01.